The molecule has 2 N–H and O–H groups in total. The minimum atomic E-state index is 0.601. The van der Waals surface area contributed by atoms with Crippen molar-refractivity contribution in [3.8, 4) is 11.1 Å². The van der Waals surface area contributed by atoms with Gasteiger partial charge in [-0.2, -0.15) is 5.10 Å². The lowest BCUT2D eigenvalue weighted by Gasteiger charge is -2.06. The van der Waals surface area contributed by atoms with Crippen LogP contribution in [-0.2, 0) is 7.05 Å². The topological polar surface area (TPSA) is 43.8 Å². The Morgan fingerprint density at radius 2 is 1.88 bits per heavy atom. The molecule has 1 heterocycles. The molecular formula is C13H17N3S. The Morgan fingerprint density at radius 3 is 2.35 bits per heavy atom. The number of benzene rings is 1. The number of nitrogen functional groups attached to an aromatic ring is 1. The molecule has 17 heavy (non-hydrogen) atoms. The number of hydrogen-bond acceptors (Lipinski definition) is 3. The van der Waals surface area contributed by atoms with Crippen molar-refractivity contribution < 1.29 is 0 Å². The first kappa shape index (κ1) is 12.0. The van der Waals surface area contributed by atoms with E-state index in [2.05, 4.69) is 43.2 Å². The molecule has 4 heteroatoms. The third-order valence-electron chi connectivity index (χ3n) is 2.52. The predicted molar refractivity (Wildman–Crippen MR) is 74.0 cm³/mol. The molecular weight excluding hydrogens is 230 g/mol. The molecule has 0 spiro atoms. The Labute approximate surface area is 106 Å². The lowest BCUT2D eigenvalue weighted by molar-refractivity contribution is 0.779. The second kappa shape index (κ2) is 4.84. The van der Waals surface area contributed by atoms with E-state index in [1.165, 1.54) is 4.90 Å². The summed E-state index contributed by atoms with van der Waals surface area (Å²) in [6.45, 7) is 4.38. The lowest BCUT2D eigenvalue weighted by Crippen LogP contribution is -1.97. The fourth-order valence-corrected chi connectivity index (χ4v) is 2.49. The van der Waals surface area contributed by atoms with Gasteiger partial charge in [-0.15, -0.1) is 11.8 Å². The quantitative estimate of drug-likeness (QED) is 0.847. The van der Waals surface area contributed by atoms with Crippen molar-refractivity contribution in [3.63, 3.8) is 0 Å². The minimum Gasteiger partial charge on any atom is -0.383 e. The van der Waals surface area contributed by atoms with Gasteiger partial charge in [-0.1, -0.05) is 26.0 Å². The summed E-state index contributed by atoms with van der Waals surface area (Å²) in [4.78, 5) is 1.28. The molecule has 1 aromatic heterocycles. The highest BCUT2D eigenvalue weighted by atomic mass is 32.2. The normalized spacial score (nSPS) is 11.1. The summed E-state index contributed by atoms with van der Waals surface area (Å²) in [5, 5.41) is 4.75. The summed E-state index contributed by atoms with van der Waals surface area (Å²) in [6.07, 6.45) is 1.81. The first-order valence-corrected chi connectivity index (χ1v) is 6.50. The van der Waals surface area contributed by atoms with Gasteiger partial charge in [0, 0.05) is 22.8 Å². The van der Waals surface area contributed by atoms with Crippen molar-refractivity contribution in [2.24, 2.45) is 7.05 Å². The van der Waals surface area contributed by atoms with Gasteiger partial charge in [0.25, 0.3) is 0 Å². The van der Waals surface area contributed by atoms with E-state index < -0.39 is 0 Å². The van der Waals surface area contributed by atoms with Gasteiger partial charge < -0.3 is 5.73 Å². The van der Waals surface area contributed by atoms with Gasteiger partial charge in [-0.25, -0.2) is 0 Å². The largest absolute Gasteiger partial charge is 0.383 e. The zero-order valence-corrected chi connectivity index (χ0v) is 11.2. The summed E-state index contributed by atoms with van der Waals surface area (Å²) in [5.41, 5.74) is 8.06. The average Bonchev–Trinajstić information content (AvgIpc) is 2.60. The van der Waals surface area contributed by atoms with Crippen molar-refractivity contribution in [2.75, 3.05) is 5.73 Å². The van der Waals surface area contributed by atoms with Crippen LogP contribution in [0, 0.1) is 0 Å². The maximum absolute atomic E-state index is 5.95. The SMILES string of the molecule is CC(C)Sc1ccc(-c2cnn(C)c2N)cc1. The number of rotatable bonds is 3. The van der Waals surface area contributed by atoms with Crippen LogP contribution in [0.25, 0.3) is 11.1 Å². The molecule has 0 aliphatic rings. The first-order valence-electron chi connectivity index (χ1n) is 5.62. The molecule has 0 saturated heterocycles. The molecule has 0 fully saturated rings. The summed E-state index contributed by atoms with van der Waals surface area (Å²) in [7, 11) is 1.85. The number of nitrogens with two attached hydrogens (primary N) is 1. The average molecular weight is 247 g/mol. The Hall–Kier alpha value is -1.42. The fourth-order valence-electron chi connectivity index (χ4n) is 1.65. The highest BCUT2D eigenvalue weighted by molar-refractivity contribution is 7.99. The van der Waals surface area contributed by atoms with Gasteiger partial charge in [0.2, 0.25) is 0 Å². The van der Waals surface area contributed by atoms with E-state index in [1.54, 1.807) is 10.9 Å². The van der Waals surface area contributed by atoms with Gasteiger partial charge in [0.1, 0.15) is 5.82 Å². The zero-order chi connectivity index (χ0) is 12.4. The van der Waals surface area contributed by atoms with Crippen LogP contribution in [0.5, 0.6) is 0 Å². The molecule has 0 radical (unpaired) electrons. The molecule has 1 aromatic carbocycles. The number of thioether (sulfide) groups is 1. The monoisotopic (exact) mass is 247 g/mol. The van der Waals surface area contributed by atoms with Crippen molar-refractivity contribution in [1.82, 2.24) is 9.78 Å². The van der Waals surface area contributed by atoms with Gasteiger partial charge in [-0.3, -0.25) is 4.68 Å². The molecule has 0 aliphatic heterocycles. The summed E-state index contributed by atoms with van der Waals surface area (Å²) >= 11 is 1.86. The number of nitrogens with zero attached hydrogens (tertiary/aromatic N) is 2. The number of aryl methyl sites for hydroxylation is 1. The summed E-state index contributed by atoms with van der Waals surface area (Å²) in [6, 6.07) is 8.45. The molecule has 0 unspecified atom stereocenters. The van der Waals surface area contributed by atoms with Gasteiger partial charge >= 0.3 is 0 Å². The van der Waals surface area contributed by atoms with E-state index in [4.69, 9.17) is 5.73 Å². The predicted octanol–water partition coefficient (Wildman–Crippen LogP) is 3.17. The third kappa shape index (κ3) is 2.64. The fraction of sp³-hybridized carbons (Fsp3) is 0.308. The van der Waals surface area contributed by atoms with E-state index >= 15 is 0 Å². The van der Waals surface area contributed by atoms with Crippen LogP contribution < -0.4 is 5.73 Å². The van der Waals surface area contributed by atoms with E-state index in [0.717, 1.165) is 11.1 Å². The zero-order valence-electron chi connectivity index (χ0n) is 10.3. The van der Waals surface area contributed by atoms with Crippen molar-refractivity contribution in [2.45, 2.75) is 24.0 Å². The minimum absolute atomic E-state index is 0.601. The molecule has 0 aliphatic carbocycles. The molecule has 0 bridgehead atoms. The van der Waals surface area contributed by atoms with Crippen molar-refractivity contribution in [1.29, 1.82) is 0 Å². The second-order valence-electron chi connectivity index (χ2n) is 4.26. The van der Waals surface area contributed by atoms with Gasteiger partial charge in [-0.05, 0) is 17.7 Å². The highest BCUT2D eigenvalue weighted by Gasteiger charge is 2.07. The Morgan fingerprint density at radius 1 is 1.24 bits per heavy atom. The molecule has 0 saturated carbocycles. The number of anilines is 1. The van der Waals surface area contributed by atoms with E-state index in [-0.39, 0.29) is 0 Å². The van der Waals surface area contributed by atoms with Crippen LogP contribution in [0.4, 0.5) is 5.82 Å². The maximum Gasteiger partial charge on any atom is 0.129 e. The number of aromatic nitrogens is 2. The molecule has 3 nitrogen and oxygen atoms in total. The molecule has 90 valence electrons. The molecule has 0 atom stereocenters. The smallest absolute Gasteiger partial charge is 0.129 e. The Bertz CT molecular complexity index is 500. The third-order valence-corrected chi connectivity index (χ3v) is 3.54. The van der Waals surface area contributed by atoms with Gasteiger partial charge in [0.15, 0.2) is 0 Å². The van der Waals surface area contributed by atoms with Gasteiger partial charge in [0.05, 0.1) is 6.20 Å². The van der Waals surface area contributed by atoms with Crippen molar-refractivity contribution >= 4 is 17.6 Å². The van der Waals surface area contributed by atoms with E-state index in [1.807, 2.05) is 18.8 Å². The Balaban J connectivity index is 2.26. The van der Waals surface area contributed by atoms with E-state index in [0.29, 0.717) is 11.1 Å². The van der Waals surface area contributed by atoms with Crippen LogP contribution in [0.15, 0.2) is 35.4 Å². The maximum atomic E-state index is 5.95. The van der Waals surface area contributed by atoms with E-state index in [9.17, 15) is 0 Å². The molecule has 2 rings (SSSR count). The van der Waals surface area contributed by atoms with Crippen LogP contribution in [0.3, 0.4) is 0 Å². The standard InChI is InChI=1S/C13H17N3S/c1-9(2)17-11-6-4-10(5-7-11)12-8-15-16(3)13(12)14/h4-9H,14H2,1-3H3. The second-order valence-corrected chi connectivity index (χ2v) is 5.91. The van der Waals surface area contributed by atoms with Crippen LogP contribution >= 0.6 is 11.8 Å². The van der Waals surface area contributed by atoms with Crippen molar-refractivity contribution in [3.05, 3.63) is 30.5 Å². The van der Waals surface area contributed by atoms with Crippen LogP contribution in [0.2, 0.25) is 0 Å². The Kier molecular flexibility index (Phi) is 3.43. The summed E-state index contributed by atoms with van der Waals surface area (Å²) < 4.78 is 1.69. The van der Waals surface area contributed by atoms with Crippen LogP contribution in [-0.4, -0.2) is 15.0 Å². The van der Waals surface area contributed by atoms with Crippen LogP contribution in [0.1, 0.15) is 13.8 Å². The first-order chi connectivity index (χ1) is 8.08. The molecule has 2 aromatic rings. The molecule has 0 amide bonds. The highest BCUT2D eigenvalue weighted by Crippen LogP contribution is 2.28. The lowest BCUT2D eigenvalue weighted by atomic mass is 10.1. The summed E-state index contributed by atoms with van der Waals surface area (Å²) in [5.74, 6) is 0.703. The number of hydrogen-bond donors (Lipinski definition) is 1.